The Bertz CT molecular complexity index is 415. The highest BCUT2D eigenvalue weighted by Gasteiger charge is 2.20. The van der Waals surface area contributed by atoms with E-state index in [2.05, 4.69) is 5.32 Å². The van der Waals surface area contributed by atoms with Crippen molar-refractivity contribution in [1.29, 1.82) is 0 Å². The SMILES string of the molecule is CCNC(C)(CO)CCCCOc1ccc(F)c(F)c1. The molecule has 5 heteroatoms. The van der Waals surface area contributed by atoms with Gasteiger partial charge in [-0.2, -0.15) is 0 Å². The molecule has 1 rings (SSSR count). The molecule has 0 saturated carbocycles. The highest BCUT2D eigenvalue weighted by molar-refractivity contribution is 5.23. The van der Waals surface area contributed by atoms with Crippen molar-refractivity contribution in [2.75, 3.05) is 19.8 Å². The molecular weight excluding hydrogens is 264 g/mol. The lowest BCUT2D eigenvalue weighted by atomic mass is 9.96. The van der Waals surface area contributed by atoms with Crippen molar-refractivity contribution in [3.8, 4) is 5.75 Å². The summed E-state index contributed by atoms with van der Waals surface area (Å²) in [6.45, 7) is 5.32. The summed E-state index contributed by atoms with van der Waals surface area (Å²) in [6, 6.07) is 3.51. The molecule has 3 nitrogen and oxygen atoms in total. The average molecular weight is 287 g/mol. The van der Waals surface area contributed by atoms with Gasteiger partial charge in [0.05, 0.1) is 13.2 Å². The van der Waals surface area contributed by atoms with Gasteiger partial charge < -0.3 is 15.2 Å². The maximum absolute atomic E-state index is 13.0. The summed E-state index contributed by atoms with van der Waals surface area (Å²) in [7, 11) is 0. The van der Waals surface area contributed by atoms with Gasteiger partial charge in [-0.1, -0.05) is 6.92 Å². The van der Waals surface area contributed by atoms with Gasteiger partial charge in [-0.05, 0) is 44.9 Å². The smallest absolute Gasteiger partial charge is 0.162 e. The van der Waals surface area contributed by atoms with Crippen LogP contribution in [0.3, 0.4) is 0 Å². The van der Waals surface area contributed by atoms with E-state index in [4.69, 9.17) is 4.74 Å². The Balaban J connectivity index is 2.26. The van der Waals surface area contributed by atoms with Crippen molar-refractivity contribution in [2.45, 2.75) is 38.6 Å². The van der Waals surface area contributed by atoms with Crippen LogP contribution in [0.5, 0.6) is 5.75 Å². The summed E-state index contributed by atoms with van der Waals surface area (Å²) in [5.74, 6) is -1.44. The van der Waals surface area contributed by atoms with Crippen molar-refractivity contribution in [2.24, 2.45) is 0 Å². The Morgan fingerprint density at radius 3 is 2.60 bits per heavy atom. The van der Waals surface area contributed by atoms with Gasteiger partial charge in [0.25, 0.3) is 0 Å². The number of rotatable bonds is 9. The molecule has 0 spiro atoms. The Kier molecular flexibility index (Phi) is 6.88. The van der Waals surface area contributed by atoms with E-state index in [1.807, 2.05) is 13.8 Å². The molecule has 0 radical (unpaired) electrons. The molecule has 0 bridgehead atoms. The molecule has 1 aromatic rings. The van der Waals surface area contributed by atoms with Crippen molar-refractivity contribution < 1.29 is 18.6 Å². The molecule has 1 unspecified atom stereocenters. The predicted molar refractivity (Wildman–Crippen MR) is 74.9 cm³/mol. The minimum absolute atomic E-state index is 0.0882. The second kappa shape index (κ2) is 8.17. The number of halogens is 2. The van der Waals surface area contributed by atoms with Crippen LogP contribution in [0.4, 0.5) is 8.78 Å². The fraction of sp³-hybridized carbons (Fsp3) is 0.600. The van der Waals surface area contributed by atoms with Gasteiger partial charge in [-0.25, -0.2) is 8.78 Å². The van der Waals surface area contributed by atoms with Crippen molar-refractivity contribution in [3.63, 3.8) is 0 Å². The van der Waals surface area contributed by atoms with Gasteiger partial charge in [0.2, 0.25) is 0 Å². The molecule has 0 aliphatic heterocycles. The molecule has 114 valence electrons. The second-order valence-electron chi connectivity index (χ2n) is 5.13. The number of unbranched alkanes of at least 4 members (excludes halogenated alkanes) is 1. The van der Waals surface area contributed by atoms with Crippen LogP contribution in [0.25, 0.3) is 0 Å². The summed E-state index contributed by atoms with van der Waals surface area (Å²) in [6.07, 6.45) is 2.51. The second-order valence-corrected chi connectivity index (χ2v) is 5.13. The van der Waals surface area contributed by atoms with Crippen molar-refractivity contribution >= 4 is 0 Å². The number of likely N-dealkylation sites (N-methyl/N-ethyl adjacent to an activating group) is 1. The van der Waals surface area contributed by atoms with Gasteiger partial charge >= 0.3 is 0 Å². The average Bonchev–Trinajstić information content (AvgIpc) is 2.42. The van der Waals surface area contributed by atoms with Crippen molar-refractivity contribution in [3.05, 3.63) is 29.8 Å². The van der Waals surface area contributed by atoms with Crippen LogP contribution in [0, 0.1) is 11.6 Å². The zero-order chi connectivity index (χ0) is 15.0. The Labute approximate surface area is 119 Å². The first kappa shape index (κ1) is 16.9. The van der Waals surface area contributed by atoms with E-state index in [1.165, 1.54) is 6.07 Å². The number of ether oxygens (including phenoxy) is 1. The summed E-state index contributed by atoms with van der Waals surface area (Å²) in [5.41, 5.74) is -0.267. The highest BCUT2D eigenvalue weighted by Crippen LogP contribution is 2.17. The minimum atomic E-state index is -0.900. The highest BCUT2D eigenvalue weighted by atomic mass is 19.2. The number of aliphatic hydroxyl groups is 1. The zero-order valence-electron chi connectivity index (χ0n) is 12.1. The fourth-order valence-electron chi connectivity index (χ4n) is 2.02. The van der Waals surface area contributed by atoms with Crippen LogP contribution in [-0.4, -0.2) is 30.4 Å². The Morgan fingerprint density at radius 1 is 1.25 bits per heavy atom. The predicted octanol–water partition coefficient (Wildman–Crippen LogP) is 2.87. The minimum Gasteiger partial charge on any atom is -0.493 e. The summed E-state index contributed by atoms with van der Waals surface area (Å²) < 4.78 is 31.0. The maximum atomic E-state index is 13.0. The molecule has 1 aromatic carbocycles. The molecule has 0 amide bonds. The van der Waals surface area contributed by atoms with Crippen LogP contribution in [0.1, 0.15) is 33.1 Å². The normalized spacial score (nSPS) is 14.1. The van der Waals surface area contributed by atoms with Gasteiger partial charge in [0.1, 0.15) is 5.75 Å². The van der Waals surface area contributed by atoms with Crippen LogP contribution < -0.4 is 10.1 Å². The van der Waals surface area contributed by atoms with Gasteiger partial charge in [0.15, 0.2) is 11.6 Å². The number of hydrogen-bond donors (Lipinski definition) is 2. The third kappa shape index (κ3) is 5.43. The zero-order valence-corrected chi connectivity index (χ0v) is 12.1. The van der Waals surface area contributed by atoms with E-state index in [0.717, 1.165) is 37.9 Å². The molecular formula is C15H23F2NO2. The van der Waals surface area contributed by atoms with E-state index in [9.17, 15) is 13.9 Å². The number of nitrogens with one attached hydrogen (secondary N) is 1. The summed E-state index contributed by atoms with van der Waals surface area (Å²) >= 11 is 0. The lowest BCUT2D eigenvalue weighted by Gasteiger charge is -2.28. The summed E-state index contributed by atoms with van der Waals surface area (Å²) in [4.78, 5) is 0. The van der Waals surface area contributed by atoms with E-state index in [1.54, 1.807) is 0 Å². The monoisotopic (exact) mass is 287 g/mol. The fourth-order valence-corrected chi connectivity index (χ4v) is 2.02. The molecule has 0 heterocycles. The third-order valence-corrected chi connectivity index (χ3v) is 3.24. The van der Waals surface area contributed by atoms with E-state index in [-0.39, 0.29) is 12.1 Å². The van der Waals surface area contributed by atoms with Crippen LogP contribution in [0.2, 0.25) is 0 Å². The number of aliphatic hydroxyl groups excluding tert-OH is 1. The number of benzene rings is 1. The molecule has 2 N–H and O–H groups in total. The standard InChI is InChI=1S/C15H23F2NO2/c1-3-18-15(2,11-19)8-4-5-9-20-12-6-7-13(16)14(17)10-12/h6-7,10,18-19H,3-5,8-9,11H2,1-2H3. The first-order chi connectivity index (χ1) is 9.50. The first-order valence-electron chi connectivity index (χ1n) is 6.94. The molecule has 1 atom stereocenters. The molecule has 0 fully saturated rings. The Morgan fingerprint density at radius 2 is 2.00 bits per heavy atom. The van der Waals surface area contributed by atoms with Gasteiger partial charge in [-0.15, -0.1) is 0 Å². The lowest BCUT2D eigenvalue weighted by Crippen LogP contribution is -2.45. The Hall–Kier alpha value is -1.20. The molecule has 0 saturated heterocycles. The van der Waals surface area contributed by atoms with Crippen LogP contribution in [0.15, 0.2) is 18.2 Å². The molecule has 0 aliphatic carbocycles. The molecule has 0 aromatic heterocycles. The third-order valence-electron chi connectivity index (χ3n) is 3.24. The van der Waals surface area contributed by atoms with Gasteiger partial charge in [0, 0.05) is 11.6 Å². The topological polar surface area (TPSA) is 41.5 Å². The van der Waals surface area contributed by atoms with E-state index >= 15 is 0 Å². The summed E-state index contributed by atoms with van der Waals surface area (Å²) in [5, 5.41) is 12.6. The lowest BCUT2D eigenvalue weighted by molar-refractivity contribution is 0.162. The molecule has 20 heavy (non-hydrogen) atoms. The largest absolute Gasteiger partial charge is 0.493 e. The first-order valence-corrected chi connectivity index (χ1v) is 6.94. The molecule has 0 aliphatic rings. The van der Waals surface area contributed by atoms with Crippen LogP contribution in [-0.2, 0) is 0 Å². The van der Waals surface area contributed by atoms with Gasteiger partial charge in [-0.3, -0.25) is 0 Å². The maximum Gasteiger partial charge on any atom is 0.162 e. The quantitative estimate of drug-likeness (QED) is 0.686. The van der Waals surface area contributed by atoms with E-state index in [0.29, 0.717) is 12.4 Å². The van der Waals surface area contributed by atoms with Crippen molar-refractivity contribution in [1.82, 2.24) is 5.32 Å². The van der Waals surface area contributed by atoms with Crippen LogP contribution >= 0.6 is 0 Å². The number of hydrogen-bond acceptors (Lipinski definition) is 3. The van der Waals surface area contributed by atoms with E-state index < -0.39 is 11.6 Å².